The molecule has 0 spiro atoms. The van der Waals surface area contributed by atoms with Gasteiger partial charge < -0.3 is 5.73 Å². The van der Waals surface area contributed by atoms with Crippen LogP contribution >= 0.6 is 0 Å². The maximum atomic E-state index is 11.9. The summed E-state index contributed by atoms with van der Waals surface area (Å²) in [5.41, 5.74) is 5.40. The maximum absolute atomic E-state index is 11.9. The Labute approximate surface area is 108 Å². The number of nitrogens with one attached hydrogen (secondary N) is 1. The van der Waals surface area contributed by atoms with E-state index in [1.165, 1.54) is 19.0 Å². The van der Waals surface area contributed by atoms with Gasteiger partial charge in [0.1, 0.15) is 4.90 Å². The first-order valence-electron chi connectivity index (χ1n) is 6.34. The third kappa shape index (κ3) is 3.79. The zero-order valence-electron chi connectivity index (χ0n) is 10.4. The standard InChI is InChI=1S/C11H20N4O2S/c12-5-1-7-15-9-11(8-13-15)18(16,17)14-6-4-10-2-3-10/h8-10,14H,1-7,12H2. The summed E-state index contributed by atoms with van der Waals surface area (Å²) >= 11 is 0. The molecule has 3 N–H and O–H groups in total. The van der Waals surface area contributed by atoms with Gasteiger partial charge in [0.05, 0.1) is 6.20 Å². The van der Waals surface area contributed by atoms with Gasteiger partial charge in [-0.3, -0.25) is 4.68 Å². The van der Waals surface area contributed by atoms with Crippen molar-refractivity contribution < 1.29 is 8.42 Å². The van der Waals surface area contributed by atoms with Crippen molar-refractivity contribution in [2.24, 2.45) is 11.7 Å². The van der Waals surface area contributed by atoms with Crippen molar-refractivity contribution >= 4 is 10.0 Å². The molecule has 18 heavy (non-hydrogen) atoms. The van der Waals surface area contributed by atoms with E-state index in [0.717, 1.165) is 18.8 Å². The van der Waals surface area contributed by atoms with Crippen LogP contribution < -0.4 is 10.5 Å². The van der Waals surface area contributed by atoms with E-state index in [2.05, 4.69) is 9.82 Å². The van der Waals surface area contributed by atoms with Crippen molar-refractivity contribution in [1.29, 1.82) is 0 Å². The molecular formula is C11H20N4O2S. The minimum absolute atomic E-state index is 0.232. The maximum Gasteiger partial charge on any atom is 0.243 e. The van der Waals surface area contributed by atoms with E-state index >= 15 is 0 Å². The van der Waals surface area contributed by atoms with Gasteiger partial charge in [0.25, 0.3) is 0 Å². The lowest BCUT2D eigenvalue weighted by molar-refractivity contribution is 0.572. The quantitative estimate of drug-likeness (QED) is 0.712. The second-order valence-corrected chi connectivity index (χ2v) is 6.48. The second kappa shape index (κ2) is 5.81. The zero-order valence-corrected chi connectivity index (χ0v) is 11.2. The van der Waals surface area contributed by atoms with Crippen molar-refractivity contribution in [3.05, 3.63) is 12.4 Å². The Morgan fingerprint density at radius 3 is 2.94 bits per heavy atom. The fourth-order valence-corrected chi connectivity index (χ4v) is 2.75. The Morgan fingerprint density at radius 1 is 1.50 bits per heavy atom. The molecule has 0 aromatic carbocycles. The molecule has 1 heterocycles. The molecule has 1 aromatic rings. The van der Waals surface area contributed by atoms with Crippen LogP contribution in [0.4, 0.5) is 0 Å². The molecule has 102 valence electrons. The number of hydrogen-bond donors (Lipinski definition) is 2. The highest BCUT2D eigenvalue weighted by Crippen LogP contribution is 2.31. The summed E-state index contributed by atoms with van der Waals surface area (Å²) in [6.45, 7) is 1.73. The van der Waals surface area contributed by atoms with Crippen molar-refractivity contribution in [2.45, 2.75) is 37.1 Å². The van der Waals surface area contributed by atoms with Crippen LogP contribution in [0.1, 0.15) is 25.7 Å². The highest BCUT2D eigenvalue weighted by atomic mass is 32.2. The fourth-order valence-electron chi connectivity index (χ4n) is 1.75. The minimum atomic E-state index is -3.40. The highest BCUT2D eigenvalue weighted by molar-refractivity contribution is 7.89. The van der Waals surface area contributed by atoms with Crippen molar-refractivity contribution in [3.63, 3.8) is 0 Å². The number of nitrogens with zero attached hydrogens (tertiary/aromatic N) is 2. The summed E-state index contributed by atoms with van der Waals surface area (Å²) in [4.78, 5) is 0.232. The molecule has 1 aliphatic rings. The molecule has 1 fully saturated rings. The van der Waals surface area contributed by atoms with Gasteiger partial charge in [-0.1, -0.05) is 12.8 Å². The average molecular weight is 272 g/mol. The lowest BCUT2D eigenvalue weighted by Crippen LogP contribution is -2.24. The summed E-state index contributed by atoms with van der Waals surface area (Å²) in [5, 5.41) is 4.02. The van der Waals surface area contributed by atoms with Crippen LogP contribution in [0.15, 0.2) is 17.3 Å². The van der Waals surface area contributed by atoms with Crippen molar-refractivity contribution in [3.8, 4) is 0 Å². The van der Waals surface area contributed by atoms with E-state index in [1.807, 2.05) is 0 Å². The summed E-state index contributed by atoms with van der Waals surface area (Å²) in [7, 11) is -3.40. The van der Waals surface area contributed by atoms with Gasteiger partial charge in [-0.2, -0.15) is 5.10 Å². The number of hydrogen-bond acceptors (Lipinski definition) is 4. The third-order valence-electron chi connectivity index (χ3n) is 3.05. The van der Waals surface area contributed by atoms with Crippen molar-refractivity contribution in [2.75, 3.05) is 13.1 Å². The van der Waals surface area contributed by atoms with E-state index in [4.69, 9.17) is 5.73 Å². The fraction of sp³-hybridized carbons (Fsp3) is 0.727. The summed E-state index contributed by atoms with van der Waals surface area (Å²) in [6.07, 6.45) is 7.12. The molecule has 0 saturated heterocycles. The van der Waals surface area contributed by atoms with Crippen LogP contribution in [0.2, 0.25) is 0 Å². The number of aryl methyl sites for hydroxylation is 1. The first kappa shape index (κ1) is 13.5. The van der Waals surface area contributed by atoms with Crippen LogP contribution in [0, 0.1) is 5.92 Å². The Balaban J connectivity index is 1.88. The lowest BCUT2D eigenvalue weighted by Gasteiger charge is -2.03. The first-order chi connectivity index (χ1) is 8.62. The lowest BCUT2D eigenvalue weighted by atomic mass is 10.3. The smallest absolute Gasteiger partial charge is 0.243 e. The van der Waals surface area contributed by atoms with Gasteiger partial charge in [-0.05, 0) is 25.3 Å². The Morgan fingerprint density at radius 2 is 2.28 bits per heavy atom. The summed E-state index contributed by atoms with van der Waals surface area (Å²) in [6, 6.07) is 0. The Bertz CT molecular complexity index is 479. The van der Waals surface area contributed by atoms with Gasteiger partial charge in [0, 0.05) is 19.3 Å². The van der Waals surface area contributed by atoms with E-state index in [1.54, 1.807) is 10.9 Å². The molecule has 6 nitrogen and oxygen atoms in total. The molecule has 2 rings (SSSR count). The molecule has 0 aliphatic heterocycles. The largest absolute Gasteiger partial charge is 0.330 e. The number of aromatic nitrogens is 2. The van der Waals surface area contributed by atoms with E-state index in [0.29, 0.717) is 19.6 Å². The predicted octanol–water partition coefficient (Wildman–Crippen LogP) is 0.310. The highest BCUT2D eigenvalue weighted by Gasteiger charge is 2.22. The molecule has 1 aromatic heterocycles. The Hall–Kier alpha value is -0.920. The minimum Gasteiger partial charge on any atom is -0.330 e. The van der Waals surface area contributed by atoms with Gasteiger partial charge in [-0.15, -0.1) is 0 Å². The van der Waals surface area contributed by atoms with Crippen LogP contribution in [0.5, 0.6) is 0 Å². The summed E-state index contributed by atoms with van der Waals surface area (Å²) in [5.74, 6) is 0.722. The first-order valence-corrected chi connectivity index (χ1v) is 7.82. The number of rotatable bonds is 8. The molecular weight excluding hydrogens is 252 g/mol. The Kier molecular flexibility index (Phi) is 4.36. The second-order valence-electron chi connectivity index (χ2n) is 4.71. The monoisotopic (exact) mass is 272 g/mol. The average Bonchev–Trinajstić information content (AvgIpc) is 3.02. The van der Waals surface area contributed by atoms with E-state index in [9.17, 15) is 8.42 Å². The molecule has 1 aliphatic carbocycles. The van der Waals surface area contributed by atoms with E-state index in [-0.39, 0.29) is 4.90 Å². The SMILES string of the molecule is NCCCn1cc(S(=O)(=O)NCCC2CC2)cn1. The van der Waals surface area contributed by atoms with Gasteiger partial charge in [0.2, 0.25) is 10.0 Å². The topological polar surface area (TPSA) is 90.0 Å². The van der Waals surface area contributed by atoms with Crippen molar-refractivity contribution in [1.82, 2.24) is 14.5 Å². The van der Waals surface area contributed by atoms with Crippen LogP contribution in [0.3, 0.4) is 0 Å². The zero-order chi connectivity index (χ0) is 13.0. The van der Waals surface area contributed by atoms with Gasteiger partial charge >= 0.3 is 0 Å². The third-order valence-corrected chi connectivity index (χ3v) is 4.47. The molecule has 0 bridgehead atoms. The number of sulfonamides is 1. The van der Waals surface area contributed by atoms with Crippen LogP contribution in [0.25, 0.3) is 0 Å². The molecule has 1 saturated carbocycles. The molecule has 7 heteroatoms. The summed E-state index contributed by atoms with van der Waals surface area (Å²) < 4.78 is 28.1. The predicted molar refractivity (Wildman–Crippen MR) is 68.4 cm³/mol. The van der Waals surface area contributed by atoms with E-state index < -0.39 is 10.0 Å². The van der Waals surface area contributed by atoms with Crippen LogP contribution in [-0.4, -0.2) is 31.3 Å². The molecule has 0 radical (unpaired) electrons. The number of nitrogens with two attached hydrogens (primary N) is 1. The van der Waals surface area contributed by atoms with Crippen LogP contribution in [-0.2, 0) is 16.6 Å². The van der Waals surface area contributed by atoms with Gasteiger partial charge in [0.15, 0.2) is 0 Å². The molecule has 0 amide bonds. The van der Waals surface area contributed by atoms with Gasteiger partial charge in [-0.25, -0.2) is 13.1 Å². The molecule has 0 unspecified atom stereocenters. The molecule has 0 atom stereocenters. The normalized spacial score (nSPS) is 16.1.